The highest BCUT2D eigenvalue weighted by molar-refractivity contribution is 4.94. The van der Waals surface area contributed by atoms with Gasteiger partial charge in [0.15, 0.2) is 0 Å². The van der Waals surface area contributed by atoms with Gasteiger partial charge in [0.2, 0.25) is 6.54 Å². The maximum atomic E-state index is 9.71. The van der Waals surface area contributed by atoms with Crippen molar-refractivity contribution < 1.29 is 5.11 Å². The number of aliphatic hydroxyl groups excluding tert-OH is 1. The number of nitrogens with zero attached hydrogens (tertiary/aromatic N) is 2. The summed E-state index contributed by atoms with van der Waals surface area (Å²) in [7, 11) is 2.04. The fourth-order valence-electron chi connectivity index (χ4n) is 1.83. The minimum absolute atomic E-state index is 0.214. The van der Waals surface area contributed by atoms with Crippen LogP contribution < -0.4 is 0 Å². The van der Waals surface area contributed by atoms with Gasteiger partial charge in [0, 0.05) is 13.1 Å². The molecule has 1 rings (SSSR count). The summed E-state index contributed by atoms with van der Waals surface area (Å²) in [5.41, 5.74) is -0.214. The average Bonchev–Trinajstić information content (AvgIpc) is 1.98. The summed E-state index contributed by atoms with van der Waals surface area (Å²) in [6, 6.07) is 0. The summed E-state index contributed by atoms with van der Waals surface area (Å²) < 4.78 is 0. The van der Waals surface area contributed by atoms with E-state index in [1.165, 1.54) is 0 Å². The molecule has 0 saturated carbocycles. The molecule has 0 aromatic heterocycles. The number of piperidine rings is 1. The van der Waals surface area contributed by atoms with Crippen LogP contribution >= 0.6 is 0 Å². The molecule has 68 valence electrons. The molecular weight excluding hydrogens is 152 g/mol. The second kappa shape index (κ2) is 3.42. The van der Waals surface area contributed by atoms with Crippen molar-refractivity contribution in [3.8, 4) is 0 Å². The highest BCUT2D eigenvalue weighted by Crippen LogP contribution is 2.29. The van der Waals surface area contributed by atoms with E-state index in [4.69, 9.17) is 6.57 Å². The second-order valence-corrected chi connectivity index (χ2v) is 4.01. The van der Waals surface area contributed by atoms with Crippen LogP contribution in [0, 0.1) is 12.0 Å². The third-order valence-corrected chi connectivity index (χ3v) is 2.66. The lowest BCUT2D eigenvalue weighted by Crippen LogP contribution is -2.50. The van der Waals surface area contributed by atoms with Crippen molar-refractivity contribution in [2.45, 2.75) is 19.4 Å². The number of hydrogen-bond donors (Lipinski definition) is 1. The highest BCUT2D eigenvalue weighted by atomic mass is 16.3. The minimum atomic E-state index is -0.303. The molecule has 1 aliphatic heterocycles. The molecule has 3 nitrogen and oxygen atoms in total. The van der Waals surface area contributed by atoms with Gasteiger partial charge < -0.3 is 14.9 Å². The van der Waals surface area contributed by atoms with Crippen LogP contribution in [0.15, 0.2) is 0 Å². The first kappa shape index (κ1) is 9.50. The predicted octanol–water partition coefficient (Wildman–Crippen LogP) is 0.608. The summed E-state index contributed by atoms with van der Waals surface area (Å²) in [5.74, 6) is 0. The fourth-order valence-corrected chi connectivity index (χ4v) is 1.83. The fraction of sp³-hybridized carbons (Fsp3) is 0.889. The molecule has 1 heterocycles. The summed E-state index contributed by atoms with van der Waals surface area (Å²) in [5, 5.41) is 9.71. The second-order valence-electron chi connectivity index (χ2n) is 4.01. The van der Waals surface area contributed by atoms with E-state index in [1.807, 2.05) is 14.0 Å². The number of likely N-dealkylation sites (tertiary alicyclic amines) is 1. The highest BCUT2D eigenvalue weighted by Gasteiger charge is 2.40. The van der Waals surface area contributed by atoms with E-state index in [0.29, 0.717) is 6.54 Å². The Hall–Kier alpha value is -0.590. The SMILES string of the molecule is [C-]#[N+]CC1(C)CN(C)CCC1O. The third kappa shape index (κ3) is 1.77. The Morgan fingerprint density at radius 2 is 2.42 bits per heavy atom. The topological polar surface area (TPSA) is 27.8 Å². The van der Waals surface area contributed by atoms with E-state index in [2.05, 4.69) is 9.74 Å². The van der Waals surface area contributed by atoms with Crippen molar-refractivity contribution in [3.63, 3.8) is 0 Å². The van der Waals surface area contributed by atoms with E-state index in [9.17, 15) is 5.11 Å². The Morgan fingerprint density at radius 3 is 3.00 bits per heavy atom. The zero-order chi connectivity index (χ0) is 9.19. The molecule has 0 aromatic carbocycles. The molecular formula is C9H16N2O. The predicted molar refractivity (Wildman–Crippen MR) is 47.7 cm³/mol. The molecule has 2 atom stereocenters. The zero-order valence-corrected chi connectivity index (χ0v) is 7.75. The minimum Gasteiger partial charge on any atom is -0.392 e. The van der Waals surface area contributed by atoms with E-state index in [-0.39, 0.29) is 11.5 Å². The van der Waals surface area contributed by atoms with Crippen molar-refractivity contribution in [1.82, 2.24) is 4.90 Å². The molecule has 1 aliphatic rings. The van der Waals surface area contributed by atoms with Gasteiger partial charge in [-0.2, -0.15) is 0 Å². The van der Waals surface area contributed by atoms with Crippen LogP contribution in [-0.2, 0) is 0 Å². The maximum absolute atomic E-state index is 9.71. The molecule has 12 heavy (non-hydrogen) atoms. The standard InChI is InChI=1S/C9H16N2O/c1-9(6-10-2)7-11(3)5-4-8(9)12/h8,12H,4-7H2,1,3H3. The average molecular weight is 168 g/mol. The number of hydrogen-bond acceptors (Lipinski definition) is 2. The van der Waals surface area contributed by atoms with Gasteiger partial charge in [0.05, 0.1) is 11.5 Å². The first-order valence-corrected chi connectivity index (χ1v) is 4.28. The summed E-state index contributed by atoms with van der Waals surface area (Å²) in [6.07, 6.45) is 0.491. The monoisotopic (exact) mass is 168 g/mol. The van der Waals surface area contributed by atoms with Gasteiger partial charge in [0.25, 0.3) is 0 Å². The van der Waals surface area contributed by atoms with Crippen molar-refractivity contribution in [3.05, 3.63) is 11.4 Å². The Morgan fingerprint density at radius 1 is 1.75 bits per heavy atom. The molecule has 0 aliphatic carbocycles. The van der Waals surface area contributed by atoms with Crippen molar-refractivity contribution in [2.75, 3.05) is 26.7 Å². The largest absolute Gasteiger partial charge is 0.392 e. The first-order chi connectivity index (χ1) is 5.58. The van der Waals surface area contributed by atoms with Crippen LogP contribution in [0.2, 0.25) is 0 Å². The molecule has 3 heteroatoms. The van der Waals surface area contributed by atoms with E-state index >= 15 is 0 Å². The summed E-state index contributed by atoms with van der Waals surface area (Å²) in [6.45, 7) is 11.0. The Balaban J connectivity index is 2.65. The van der Waals surface area contributed by atoms with Gasteiger partial charge in [-0.15, -0.1) is 0 Å². The van der Waals surface area contributed by atoms with Crippen LogP contribution in [0.3, 0.4) is 0 Å². The lowest BCUT2D eigenvalue weighted by atomic mass is 9.79. The lowest BCUT2D eigenvalue weighted by Gasteiger charge is -2.39. The normalized spacial score (nSPS) is 37.7. The lowest BCUT2D eigenvalue weighted by molar-refractivity contribution is -0.0178. The molecule has 1 saturated heterocycles. The molecule has 1 N–H and O–H groups in total. The molecule has 0 bridgehead atoms. The Kier molecular flexibility index (Phi) is 2.71. The van der Waals surface area contributed by atoms with Crippen LogP contribution in [0.1, 0.15) is 13.3 Å². The summed E-state index contributed by atoms with van der Waals surface area (Å²) >= 11 is 0. The number of rotatable bonds is 1. The van der Waals surface area contributed by atoms with Crippen LogP contribution in [0.4, 0.5) is 0 Å². The molecule has 0 amide bonds. The van der Waals surface area contributed by atoms with E-state index in [0.717, 1.165) is 19.5 Å². The van der Waals surface area contributed by atoms with Crippen LogP contribution in [-0.4, -0.2) is 42.8 Å². The quantitative estimate of drug-likeness (QED) is 0.581. The molecule has 1 fully saturated rings. The Labute approximate surface area is 73.8 Å². The zero-order valence-electron chi connectivity index (χ0n) is 7.75. The molecule has 2 unspecified atom stereocenters. The third-order valence-electron chi connectivity index (χ3n) is 2.66. The van der Waals surface area contributed by atoms with Crippen LogP contribution in [0.25, 0.3) is 4.85 Å². The van der Waals surface area contributed by atoms with Gasteiger partial charge in [-0.05, 0) is 20.4 Å². The summed E-state index contributed by atoms with van der Waals surface area (Å²) in [4.78, 5) is 5.56. The van der Waals surface area contributed by atoms with Crippen LogP contribution in [0.5, 0.6) is 0 Å². The van der Waals surface area contributed by atoms with E-state index in [1.54, 1.807) is 0 Å². The molecule has 0 radical (unpaired) electrons. The van der Waals surface area contributed by atoms with E-state index < -0.39 is 0 Å². The van der Waals surface area contributed by atoms with Gasteiger partial charge in [0.1, 0.15) is 0 Å². The number of aliphatic hydroxyl groups is 1. The first-order valence-electron chi connectivity index (χ1n) is 4.28. The molecule has 0 aromatic rings. The van der Waals surface area contributed by atoms with Gasteiger partial charge in [-0.25, -0.2) is 6.57 Å². The Bertz CT molecular complexity index is 199. The van der Waals surface area contributed by atoms with Crippen molar-refractivity contribution >= 4 is 0 Å². The maximum Gasteiger partial charge on any atom is 0.223 e. The van der Waals surface area contributed by atoms with Gasteiger partial charge >= 0.3 is 0 Å². The van der Waals surface area contributed by atoms with Gasteiger partial charge in [-0.3, -0.25) is 0 Å². The molecule has 0 spiro atoms. The smallest absolute Gasteiger partial charge is 0.223 e. The van der Waals surface area contributed by atoms with Gasteiger partial charge in [-0.1, -0.05) is 0 Å². The van der Waals surface area contributed by atoms with Crippen molar-refractivity contribution in [1.29, 1.82) is 0 Å². The van der Waals surface area contributed by atoms with Crippen molar-refractivity contribution in [2.24, 2.45) is 5.41 Å².